The highest BCUT2D eigenvalue weighted by Gasteiger charge is 2.08. The Balaban J connectivity index is 2.52. The van der Waals surface area contributed by atoms with Crippen molar-refractivity contribution >= 4 is 11.6 Å². The molecule has 0 unspecified atom stereocenters. The number of hydrogen-bond acceptors (Lipinski definition) is 5. The molecule has 2 aromatic rings. The fourth-order valence-corrected chi connectivity index (χ4v) is 2.38. The van der Waals surface area contributed by atoms with Gasteiger partial charge in [-0.05, 0) is 35.9 Å². The van der Waals surface area contributed by atoms with Crippen molar-refractivity contribution in [3.05, 3.63) is 65.2 Å². The van der Waals surface area contributed by atoms with Gasteiger partial charge in [0.1, 0.15) is 35.0 Å². The lowest BCUT2D eigenvalue weighted by atomic mass is 9.99. The molecule has 0 aliphatic carbocycles. The molecule has 26 heavy (non-hydrogen) atoms. The van der Waals surface area contributed by atoms with Crippen LogP contribution in [0.4, 0.5) is 0 Å². The normalized spacial score (nSPS) is 9.88. The molecule has 0 aliphatic heterocycles. The van der Waals surface area contributed by atoms with Crippen LogP contribution in [-0.2, 0) is 0 Å². The zero-order chi connectivity index (χ0) is 18.9. The van der Waals surface area contributed by atoms with Crippen molar-refractivity contribution in [2.75, 3.05) is 21.3 Å². The molecular formula is C21H18N2O3. The predicted octanol–water partition coefficient (Wildman–Crippen LogP) is 4.23. The van der Waals surface area contributed by atoms with Crippen molar-refractivity contribution < 1.29 is 14.2 Å². The van der Waals surface area contributed by atoms with Gasteiger partial charge in [-0.1, -0.05) is 24.3 Å². The molecule has 130 valence electrons. The first-order valence-electron chi connectivity index (χ1n) is 7.75. The first kappa shape index (κ1) is 18.6. The van der Waals surface area contributed by atoms with Crippen LogP contribution in [-0.4, -0.2) is 21.3 Å². The highest BCUT2D eigenvalue weighted by atomic mass is 16.5. The second-order valence-electron chi connectivity index (χ2n) is 5.18. The predicted molar refractivity (Wildman–Crippen MR) is 99.7 cm³/mol. The quantitative estimate of drug-likeness (QED) is 0.578. The highest BCUT2D eigenvalue weighted by molar-refractivity contribution is 5.86. The SMILES string of the molecule is COc1ccc(C(/C=C/c2cc(OC)ccc2OC)=C(C#N)C#N)cc1. The number of methoxy groups -OCH3 is 3. The van der Waals surface area contributed by atoms with Crippen molar-refractivity contribution in [2.45, 2.75) is 0 Å². The van der Waals surface area contributed by atoms with Gasteiger partial charge in [0.25, 0.3) is 0 Å². The molecule has 2 aromatic carbocycles. The topological polar surface area (TPSA) is 75.3 Å². The Morgan fingerprint density at radius 2 is 1.46 bits per heavy atom. The summed E-state index contributed by atoms with van der Waals surface area (Å²) in [6.07, 6.45) is 3.51. The maximum absolute atomic E-state index is 9.31. The minimum Gasteiger partial charge on any atom is -0.497 e. The van der Waals surface area contributed by atoms with Crippen LogP contribution in [0.15, 0.2) is 54.1 Å². The largest absolute Gasteiger partial charge is 0.497 e. The van der Waals surface area contributed by atoms with Gasteiger partial charge in [0, 0.05) is 11.1 Å². The molecule has 2 rings (SSSR count). The van der Waals surface area contributed by atoms with Crippen LogP contribution < -0.4 is 14.2 Å². The van der Waals surface area contributed by atoms with Gasteiger partial charge in [0.2, 0.25) is 0 Å². The second-order valence-corrected chi connectivity index (χ2v) is 5.18. The molecule has 0 heterocycles. The molecule has 0 N–H and O–H groups in total. The number of benzene rings is 2. The van der Waals surface area contributed by atoms with E-state index >= 15 is 0 Å². The van der Waals surface area contributed by atoms with Crippen LogP contribution in [0.5, 0.6) is 17.2 Å². The summed E-state index contributed by atoms with van der Waals surface area (Å²) in [5.74, 6) is 2.04. The number of hydrogen-bond donors (Lipinski definition) is 0. The Morgan fingerprint density at radius 1 is 0.846 bits per heavy atom. The fourth-order valence-electron chi connectivity index (χ4n) is 2.38. The van der Waals surface area contributed by atoms with Gasteiger partial charge >= 0.3 is 0 Å². The van der Waals surface area contributed by atoms with Crippen molar-refractivity contribution in [1.82, 2.24) is 0 Å². The van der Waals surface area contributed by atoms with E-state index in [1.807, 2.05) is 18.2 Å². The van der Waals surface area contributed by atoms with Crippen molar-refractivity contribution in [1.29, 1.82) is 10.5 Å². The maximum Gasteiger partial charge on any atom is 0.137 e. The number of allylic oxidation sites excluding steroid dienone is 3. The van der Waals surface area contributed by atoms with E-state index in [0.29, 0.717) is 22.8 Å². The van der Waals surface area contributed by atoms with E-state index < -0.39 is 0 Å². The lowest BCUT2D eigenvalue weighted by Gasteiger charge is -2.08. The van der Waals surface area contributed by atoms with Gasteiger partial charge in [-0.25, -0.2) is 0 Å². The summed E-state index contributed by atoms with van der Waals surface area (Å²) in [7, 11) is 4.74. The smallest absolute Gasteiger partial charge is 0.137 e. The van der Waals surface area contributed by atoms with Gasteiger partial charge in [-0.2, -0.15) is 10.5 Å². The van der Waals surface area contributed by atoms with Crippen molar-refractivity contribution in [2.24, 2.45) is 0 Å². The molecule has 5 nitrogen and oxygen atoms in total. The second kappa shape index (κ2) is 8.96. The third-order valence-electron chi connectivity index (χ3n) is 3.76. The van der Waals surface area contributed by atoms with Gasteiger partial charge in [-0.15, -0.1) is 0 Å². The highest BCUT2D eigenvalue weighted by Crippen LogP contribution is 2.28. The Hall–Kier alpha value is -3.70. The van der Waals surface area contributed by atoms with Crippen LogP contribution in [0.3, 0.4) is 0 Å². The van der Waals surface area contributed by atoms with Gasteiger partial charge in [0.05, 0.1) is 21.3 Å². The van der Waals surface area contributed by atoms with Crippen molar-refractivity contribution in [3.63, 3.8) is 0 Å². The molecule has 0 aromatic heterocycles. The van der Waals surface area contributed by atoms with Crippen molar-refractivity contribution in [3.8, 4) is 29.4 Å². The standard InChI is InChI=1S/C21H18N2O3/c1-24-18-7-4-15(5-8-18)20(17(13-22)14-23)10-6-16-12-19(25-2)9-11-21(16)26-3/h4-12H,1-3H3/b10-6+. The summed E-state index contributed by atoms with van der Waals surface area (Å²) in [4.78, 5) is 0. The van der Waals surface area contributed by atoms with Gasteiger partial charge in [-0.3, -0.25) is 0 Å². The fraction of sp³-hybridized carbons (Fsp3) is 0.143. The van der Waals surface area contributed by atoms with Crippen LogP contribution in [0.2, 0.25) is 0 Å². The van der Waals surface area contributed by atoms with E-state index in [1.54, 1.807) is 69.9 Å². The number of rotatable bonds is 6. The summed E-state index contributed by atoms with van der Waals surface area (Å²) in [6, 6.07) is 16.5. The molecule has 0 bridgehead atoms. The first-order valence-corrected chi connectivity index (χ1v) is 7.75. The maximum atomic E-state index is 9.31. The van der Waals surface area contributed by atoms with Crippen LogP contribution in [0.1, 0.15) is 11.1 Å². The summed E-state index contributed by atoms with van der Waals surface area (Å²) in [5.41, 5.74) is 2.05. The molecule has 0 spiro atoms. The first-order chi connectivity index (χ1) is 12.7. The van der Waals surface area contributed by atoms with Gasteiger partial charge < -0.3 is 14.2 Å². The molecule has 0 fully saturated rings. The Labute approximate surface area is 153 Å². The lowest BCUT2D eigenvalue weighted by molar-refractivity contribution is 0.402. The van der Waals surface area contributed by atoms with Crippen LogP contribution in [0, 0.1) is 22.7 Å². The zero-order valence-corrected chi connectivity index (χ0v) is 14.8. The Morgan fingerprint density at radius 3 is 2.00 bits per heavy atom. The van der Waals surface area contributed by atoms with Gasteiger partial charge in [0.15, 0.2) is 0 Å². The van der Waals surface area contributed by atoms with E-state index in [2.05, 4.69) is 0 Å². The molecular weight excluding hydrogens is 328 g/mol. The molecule has 0 radical (unpaired) electrons. The number of nitrogens with zero attached hydrogens (tertiary/aromatic N) is 2. The molecule has 0 saturated heterocycles. The van der Waals surface area contributed by atoms with E-state index in [1.165, 1.54) is 0 Å². The summed E-state index contributed by atoms with van der Waals surface area (Å²) in [5, 5.41) is 18.6. The summed E-state index contributed by atoms with van der Waals surface area (Å²) >= 11 is 0. The van der Waals surface area contributed by atoms with Crippen LogP contribution in [0.25, 0.3) is 11.6 Å². The average Bonchev–Trinajstić information content (AvgIpc) is 2.71. The number of nitriles is 2. The lowest BCUT2D eigenvalue weighted by Crippen LogP contribution is -1.91. The third kappa shape index (κ3) is 4.23. The minimum absolute atomic E-state index is 0.0216. The minimum atomic E-state index is 0.0216. The van der Waals surface area contributed by atoms with E-state index in [0.717, 1.165) is 11.1 Å². The molecule has 0 aliphatic rings. The molecule has 0 saturated carbocycles. The molecule has 0 atom stereocenters. The van der Waals surface area contributed by atoms with E-state index in [4.69, 9.17) is 14.2 Å². The van der Waals surface area contributed by atoms with E-state index in [-0.39, 0.29) is 5.57 Å². The summed E-state index contributed by atoms with van der Waals surface area (Å²) in [6.45, 7) is 0. The zero-order valence-electron chi connectivity index (χ0n) is 14.8. The Kier molecular flexibility index (Phi) is 6.42. The van der Waals surface area contributed by atoms with Crippen LogP contribution >= 0.6 is 0 Å². The summed E-state index contributed by atoms with van der Waals surface area (Å²) < 4.78 is 15.8. The van der Waals surface area contributed by atoms with E-state index in [9.17, 15) is 10.5 Å². The monoisotopic (exact) mass is 346 g/mol. The average molecular weight is 346 g/mol. The molecule has 0 amide bonds. The number of ether oxygens (including phenoxy) is 3. The third-order valence-corrected chi connectivity index (χ3v) is 3.76. The molecule has 5 heteroatoms. The Bertz CT molecular complexity index is 898.